The number of nitrogens with zero attached hydrogens (tertiary/aromatic N) is 1. The number of hydrogen-bond acceptors (Lipinski definition) is 4. The van der Waals surface area contributed by atoms with E-state index in [0.717, 1.165) is 5.75 Å². The standard InChI is InChI=1S/C16H23NO2S/c1-15(2)10-12(18)11-16(3,4)17(15)20-14-8-6-13(19-5)7-9-14/h6-9H,10-11H2,1-5H3. The number of piperidine rings is 1. The molecule has 1 heterocycles. The Morgan fingerprint density at radius 1 is 1.05 bits per heavy atom. The fourth-order valence-corrected chi connectivity index (χ4v) is 4.07. The van der Waals surface area contributed by atoms with Crippen LogP contribution in [0.15, 0.2) is 29.2 Å². The smallest absolute Gasteiger partial charge is 0.136 e. The van der Waals surface area contributed by atoms with Crippen LogP contribution in [-0.2, 0) is 4.79 Å². The lowest BCUT2D eigenvalue weighted by Crippen LogP contribution is -2.57. The second-order valence-electron chi connectivity index (χ2n) is 6.58. The first-order valence-corrected chi connectivity index (χ1v) is 7.66. The molecule has 3 nitrogen and oxygen atoms in total. The van der Waals surface area contributed by atoms with E-state index in [1.54, 1.807) is 19.1 Å². The number of carbonyl (C=O) groups is 1. The van der Waals surface area contributed by atoms with Gasteiger partial charge in [0.1, 0.15) is 11.5 Å². The van der Waals surface area contributed by atoms with Gasteiger partial charge in [0.25, 0.3) is 0 Å². The van der Waals surface area contributed by atoms with E-state index in [0.29, 0.717) is 18.6 Å². The van der Waals surface area contributed by atoms with E-state index in [9.17, 15) is 4.79 Å². The number of benzene rings is 1. The van der Waals surface area contributed by atoms with Crippen LogP contribution < -0.4 is 4.74 Å². The van der Waals surface area contributed by atoms with Gasteiger partial charge in [0.2, 0.25) is 0 Å². The van der Waals surface area contributed by atoms with Crippen molar-refractivity contribution >= 4 is 17.7 Å². The predicted octanol–water partition coefficient (Wildman–Crippen LogP) is 3.92. The molecule has 1 saturated heterocycles. The lowest BCUT2D eigenvalue weighted by atomic mass is 9.82. The summed E-state index contributed by atoms with van der Waals surface area (Å²) in [5.74, 6) is 1.22. The van der Waals surface area contributed by atoms with Crippen molar-refractivity contribution in [3.63, 3.8) is 0 Å². The Balaban J connectivity index is 2.22. The highest BCUT2D eigenvalue weighted by Crippen LogP contribution is 2.44. The number of hydrogen-bond donors (Lipinski definition) is 0. The third kappa shape index (κ3) is 3.18. The zero-order chi connectivity index (χ0) is 15.0. The molecule has 110 valence electrons. The number of Topliss-reactive ketones (excluding diaryl/α,β-unsaturated/α-hetero) is 1. The van der Waals surface area contributed by atoms with E-state index in [-0.39, 0.29) is 11.1 Å². The molecule has 0 aromatic heterocycles. The third-order valence-corrected chi connectivity index (χ3v) is 5.27. The molecule has 1 aromatic rings. The van der Waals surface area contributed by atoms with Crippen molar-refractivity contribution in [2.45, 2.75) is 56.5 Å². The van der Waals surface area contributed by atoms with Crippen molar-refractivity contribution in [3.05, 3.63) is 24.3 Å². The Morgan fingerprint density at radius 2 is 1.55 bits per heavy atom. The Hall–Kier alpha value is -1.00. The summed E-state index contributed by atoms with van der Waals surface area (Å²) < 4.78 is 7.55. The van der Waals surface area contributed by atoms with Gasteiger partial charge in [-0.05, 0) is 63.9 Å². The van der Waals surface area contributed by atoms with E-state index < -0.39 is 0 Å². The summed E-state index contributed by atoms with van der Waals surface area (Å²) in [6.07, 6.45) is 1.22. The van der Waals surface area contributed by atoms with Crippen molar-refractivity contribution in [1.29, 1.82) is 0 Å². The first-order chi connectivity index (χ1) is 9.24. The zero-order valence-electron chi connectivity index (χ0n) is 12.9. The molecule has 4 heteroatoms. The van der Waals surface area contributed by atoms with Gasteiger partial charge in [-0.25, -0.2) is 4.31 Å². The van der Waals surface area contributed by atoms with Crippen LogP contribution in [0.2, 0.25) is 0 Å². The van der Waals surface area contributed by atoms with E-state index in [1.165, 1.54) is 4.90 Å². The molecule has 0 amide bonds. The number of methoxy groups -OCH3 is 1. The number of ether oxygens (including phenoxy) is 1. The van der Waals surface area contributed by atoms with E-state index >= 15 is 0 Å². The monoisotopic (exact) mass is 293 g/mol. The van der Waals surface area contributed by atoms with Gasteiger partial charge in [0, 0.05) is 28.8 Å². The van der Waals surface area contributed by atoms with Crippen LogP contribution in [0.25, 0.3) is 0 Å². The van der Waals surface area contributed by atoms with Crippen LogP contribution in [0, 0.1) is 0 Å². The molecule has 0 aliphatic carbocycles. The number of rotatable bonds is 3. The normalized spacial score (nSPS) is 21.8. The Kier molecular flexibility index (Phi) is 4.17. The van der Waals surface area contributed by atoms with Crippen LogP contribution in [0.4, 0.5) is 0 Å². The van der Waals surface area contributed by atoms with Crippen molar-refractivity contribution in [2.24, 2.45) is 0 Å². The first kappa shape index (κ1) is 15.4. The average Bonchev–Trinajstić information content (AvgIpc) is 2.33. The molecule has 1 aliphatic rings. The molecule has 20 heavy (non-hydrogen) atoms. The maximum atomic E-state index is 11.9. The topological polar surface area (TPSA) is 29.5 Å². The molecule has 0 atom stereocenters. The summed E-state index contributed by atoms with van der Waals surface area (Å²) in [6, 6.07) is 8.06. The van der Waals surface area contributed by atoms with Gasteiger partial charge in [0.05, 0.1) is 7.11 Å². The molecule has 0 radical (unpaired) electrons. The number of ketones is 1. The van der Waals surface area contributed by atoms with Crippen molar-refractivity contribution in [3.8, 4) is 5.75 Å². The fourth-order valence-electron chi connectivity index (χ4n) is 2.98. The van der Waals surface area contributed by atoms with Gasteiger partial charge in [-0.2, -0.15) is 0 Å². The van der Waals surface area contributed by atoms with E-state index in [4.69, 9.17) is 4.74 Å². The van der Waals surface area contributed by atoms with Gasteiger partial charge in [-0.1, -0.05) is 0 Å². The first-order valence-electron chi connectivity index (χ1n) is 6.89. The summed E-state index contributed by atoms with van der Waals surface area (Å²) in [5.41, 5.74) is -0.271. The zero-order valence-corrected chi connectivity index (χ0v) is 13.7. The maximum absolute atomic E-state index is 11.9. The Bertz CT molecular complexity index is 474. The minimum Gasteiger partial charge on any atom is -0.497 e. The number of carbonyl (C=O) groups excluding carboxylic acids is 1. The van der Waals surface area contributed by atoms with Crippen LogP contribution in [0.3, 0.4) is 0 Å². The lowest BCUT2D eigenvalue weighted by Gasteiger charge is -2.50. The molecule has 1 aromatic carbocycles. The van der Waals surface area contributed by atoms with Gasteiger partial charge in [-0.15, -0.1) is 0 Å². The predicted molar refractivity (Wildman–Crippen MR) is 83.1 cm³/mol. The van der Waals surface area contributed by atoms with Crippen LogP contribution in [-0.4, -0.2) is 28.3 Å². The van der Waals surface area contributed by atoms with Crippen LogP contribution >= 0.6 is 11.9 Å². The highest BCUT2D eigenvalue weighted by Gasteiger charge is 2.45. The highest BCUT2D eigenvalue weighted by atomic mass is 32.2. The molecular weight excluding hydrogens is 270 g/mol. The van der Waals surface area contributed by atoms with Crippen molar-refractivity contribution in [2.75, 3.05) is 7.11 Å². The molecule has 0 saturated carbocycles. The molecule has 0 spiro atoms. The fraction of sp³-hybridized carbons (Fsp3) is 0.562. The second kappa shape index (κ2) is 5.41. The maximum Gasteiger partial charge on any atom is 0.136 e. The average molecular weight is 293 g/mol. The lowest BCUT2D eigenvalue weighted by molar-refractivity contribution is -0.127. The largest absolute Gasteiger partial charge is 0.497 e. The van der Waals surface area contributed by atoms with Crippen molar-refractivity contribution < 1.29 is 9.53 Å². The van der Waals surface area contributed by atoms with Crippen molar-refractivity contribution in [1.82, 2.24) is 4.31 Å². The minimum absolute atomic E-state index is 0.135. The van der Waals surface area contributed by atoms with E-state index in [2.05, 4.69) is 44.1 Å². The summed E-state index contributed by atoms with van der Waals surface area (Å²) >= 11 is 1.73. The quantitative estimate of drug-likeness (QED) is 0.790. The molecule has 0 bridgehead atoms. The minimum atomic E-state index is -0.135. The van der Waals surface area contributed by atoms with Gasteiger partial charge < -0.3 is 4.74 Å². The van der Waals surface area contributed by atoms with Gasteiger partial charge in [-0.3, -0.25) is 4.79 Å². The molecular formula is C16H23NO2S. The second-order valence-corrected chi connectivity index (χ2v) is 7.60. The van der Waals surface area contributed by atoms with Gasteiger partial charge >= 0.3 is 0 Å². The van der Waals surface area contributed by atoms with Crippen LogP contribution in [0.5, 0.6) is 5.75 Å². The van der Waals surface area contributed by atoms with Crippen LogP contribution in [0.1, 0.15) is 40.5 Å². The third-order valence-electron chi connectivity index (χ3n) is 3.62. The Morgan fingerprint density at radius 3 is 2.00 bits per heavy atom. The van der Waals surface area contributed by atoms with E-state index in [1.807, 2.05) is 12.1 Å². The summed E-state index contributed by atoms with van der Waals surface area (Å²) in [5, 5.41) is 0. The summed E-state index contributed by atoms with van der Waals surface area (Å²) in [4.78, 5) is 13.1. The highest BCUT2D eigenvalue weighted by molar-refractivity contribution is 7.97. The molecule has 2 rings (SSSR count). The summed E-state index contributed by atoms with van der Waals surface area (Å²) in [7, 11) is 1.67. The molecule has 0 unspecified atom stereocenters. The molecule has 0 N–H and O–H groups in total. The molecule has 1 aliphatic heterocycles. The SMILES string of the molecule is COc1ccc(SN2C(C)(C)CC(=O)CC2(C)C)cc1. The van der Waals surface area contributed by atoms with Gasteiger partial charge in [0.15, 0.2) is 0 Å². The molecule has 1 fully saturated rings. The summed E-state index contributed by atoms with van der Waals surface area (Å²) in [6.45, 7) is 8.56. The Labute approximate surface area is 125 Å².